The molecular formula is C23H24FN7O5S. The third kappa shape index (κ3) is 5.28. The Morgan fingerprint density at radius 2 is 1.57 bits per heavy atom. The van der Waals surface area contributed by atoms with Crippen molar-refractivity contribution in [3.05, 3.63) is 60.6 Å². The Labute approximate surface area is 212 Å². The lowest BCUT2D eigenvalue weighted by molar-refractivity contribution is 0.391. The van der Waals surface area contributed by atoms with Crippen LogP contribution in [0.4, 0.5) is 10.3 Å². The number of para-hydroxylation sites is 1. The molecule has 0 aliphatic carbocycles. The van der Waals surface area contributed by atoms with Gasteiger partial charge in [-0.1, -0.05) is 6.07 Å². The van der Waals surface area contributed by atoms with E-state index in [4.69, 9.17) is 14.2 Å². The summed E-state index contributed by atoms with van der Waals surface area (Å²) in [4.78, 5) is 12.1. The largest absolute Gasteiger partial charge is 0.494 e. The quantitative estimate of drug-likeness (QED) is 0.326. The summed E-state index contributed by atoms with van der Waals surface area (Å²) < 4.78 is 60.2. The maximum atomic E-state index is 13.3. The highest BCUT2D eigenvalue weighted by atomic mass is 32.2. The van der Waals surface area contributed by atoms with Gasteiger partial charge in [-0.05, 0) is 31.2 Å². The number of nitrogens with one attached hydrogen (secondary N) is 1. The van der Waals surface area contributed by atoms with Crippen LogP contribution in [0.1, 0.15) is 12.7 Å². The van der Waals surface area contributed by atoms with E-state index in [1.165, 1.54) is 32.8 Å². The first kappa shape index (κ1) is 25.8. The average Bonchev–Trinajstić information content (AvgIpc) is 3.31. The molecule has 0 aliphatic rings. The van der Waals surface area contributed by atoms with Gasteiger partial charge in [0.05, 0.1) is 39.0 Å². The average molecular weight is 530 g/mol. The molecular weight excluding hydrogens is 505 g/mol. The van der Waals surface area contributed by atoms with E-state index < -0.39 is 21.1 Å². The van der Waals surface area contributed by atoms with E-state index in [2.05, 4.69) is 29.9 Å². The van der Waals surface area contributed by atoms with E-state index in [-0.39, 0.29) is 24.0 Å². The molecule has 1 N–H and O–H groups in total. The van der Waals surface area contributed by atoms with E-state index in [9.17, 15) is 12.8 Å². The summed E-state index contributed by atoms with van der Waals surface area (Å²) in [5, 5.41) is 7.34. The molecule has 0 spiro atoms. The first-order chi connectivity index (χ1) is 17.8. The van der Waals surface area contributed by atoms with Crippen LogP contribution in [0.25, 0.3) is 17.2 Å². The van der Waals surface area contributed by atoms with Crippen molar-refractivity contribution in [3.63, 3.8) is 0 Å². The molecule has 0 amide bonds. The minimum atomic E-state index is -4.06. The molecule has 3 aromatic heterocycles. The highest BCUT2D eigenvalue weighted by Crippen LogP contribution is 2.39. The Morgan fingerprint density at radius 3 is 2.19 bits per heavy atom. The van der Waals surface area contributed by atoms with Crippen molar-refractivity contribution in [1.29, 1.82) is 0 Å². The molecule has 4 rings (SSSR count). The molecule has 1 atom stereocenters. The van der Waals surface area contributed by atoms with E-state index in [0.29, 0.717) is 28.6 Å². The molecule has 0 bridgehead atoms. The molecule has 194 valence electrons. The third-order valence-corrected chi connectivity index (χ3v) is 7.09. The van der Waals surface area contributed by atoms with Crippen molar-refractivity contribution in [1.82, 2.24) is 29.7 Å². The number of nitrogens with zero attached hydrogens (tertiary/aromatic N) is 6. The van der Waals surface area contributed by atoms with Crippen LogP contribution in [-0.4, -0.2) is 64.7 Å². The van der Waals surface area contributed by atoms with Crippen LogP contribution in [0.5, 0.6) is 17.2 Å². The minimum absolute atomic E-state index is 0.0668. The van der Waals surface area contributed by atoms with Gasteiger partial charge in [0.15, 0.2) is 17.3 Å². The Bertz CT molecular complexity index is 1470. The normalized spacial score (nSPS) is 12.1. The van der Waals surface area contributed by atoms with Gasteiger partial charge in [0.2, 0.25) is 16.0 Å². The second-order valence-corrected chi connectivity index (χ2v) is 9.83. The van der Waals surface area contributed by atoms with Gasteiger partial charge in [-0.3, -0.25) is 9.29 Å². The maximum Gasteiger partial charge on any atom is 0.243 e. The van der Waals surface area contributed by atoms with Crippen molar-refractivity contribution in [2.75, 3.05) is 26.1 Å². The van der Waals surface area contributed by atoms with Crippen LogP contribution in [0, 0.1) is 5.82 Å². The van der Waals surface area contributed by atoms with Crippen LogP contribution in [0.3, 0.4) is 0 Å². The molecule has 0 saturated heterocycles. The van der Waals surface area contributed by atoms with E-state index in [1.54, 1.807) is 36.5 Å². The topological polar surface area (TPSA) is 143 Å². The van der Waals surface area contributed by atoms with Crippen LogP contribution in [-0.2, 0) is 16.4 Å². The number of aromatic nitrogens is 6. The number of hydrogen-bond acceptors (Lipinski definition) is 10. The monoisotopic (exact) mass is 529 g/mol. The van der Waals surface area contributed by atoms with Crippen molar-refractivity contribution in [2.45, 2.75) is 18.6 Å². The van der Waals surface area contributed by atoms with Gasteiger partial charge in [0.1, 0.15) is 28.8 Å². The maximum absolute atomic E-state index is 13.3. The Kier molecular flexibility index (Phi) is 7.47. The summed E-state index contributed by atoms with van der Waals surface area (Å²) in [5.41, 5.74) is 0.649. The SMILES string of the molecule is COc1cccnc1-c1nnc(NS(=O)(=O)C(C)Cc2ncc(F)cn2)n1-c1c(OC)cccc1OC. The zero-order valence-corrected chi connectivity index (χ0v) is 21.2. The molecule has 0 fully saturated rings. The minimum Gasteiger partial charge on any atom is -0.494 e. The standard InChI is InChI=1S/C23H24FN7O5S/c1-14(11-19-26-12-15(24)13-27-19)37(32,33)30-23-29-28-22(20-16(34-2)9-6-10-25-20)31(23)21-17(35-3)7-5-8-18(21)36-4/h5-10,12-14H,11H2,1-4H3,(H,29,30). The lowest BCUT2D eigenvalue weighted by Crippen LogP contribution is -2.29. The van der Waals surface area contributed by atoms with Crippen molar-refractivity contribution in [3.8, 4) is 34.5 Å². The Hall–Kier alpha value is -4.33. The van der Waals surface area contributed by atoms with Gasteiger partial charge < -0.3 is 14.2 Å². The molecule has 37 heavy (non-hydrogen) atoms. The zero-order chi connectivity index (χ0) is 26.6. The zero-order valence-electron chi connectivity index (χ0n) is 20.4. The summed E-state index contributed by atoms with van der Waals surface area (Å²) in [6.07, 6.45) is 3.44. The van der Waals surface area contributed by atoms with E-state index in [1.807, 2.05) is 0 Å². The summed E-state index contributed by atoms with van der Waals surface area (Å²) >= 11 is 0. The number of benzene rings is 1. The summed E-state index contributed by atoms with van der Waals surface area (Å²) in [6, 6.07) is 8.47. The summed E-state index contributed by atoms with van der Waals surface area (Å²) in [5.74, 6) is 0.706. The van der Waals surface area contributed by atoms with Crippen molar-refractivity contribution in [2.24, 2.45) is 0 Å². The summed E-state index contributed by atoms with van der Waals surface area (Å²) in [7, 11) is 0.365. The van der Waals surface area contributed by atoms with Gasteiger partial charge >= 0.3 is 0 Å². The third-order valence-electron chi connectivity index (χ3n) is 5.40. The Balaban J connectivity index is 1.84. The van der Waals surface area contributed by atoms with Crippen molar-refractivity contribution >= 4 is 16.0 Å². The van der Waals surface area contributed by atoms with Gasteiger partial charge in [0, 0.05) is 12.6 Å². The lowest BCUT2D eigenvalue weighted by atomic mass is 10.2. The predicted molar refractivity (Wildman–Crippen MR) is 132 cm³/mol. The number of halogens is 1. The molecule has 4 aromatic rings. The van der Waals surface area contributed by atoms with E-state index >= 15 is 0 Å². The molecule has 1 aromatic carbocycles. The highest BCUT2D eigenvalue weighted by molar-refractivity contribution is 7.93. The molecule has 0 saturated carbocycles. The molecule has 14 heteroatoms. The van der Waals surface area contributed by atoms with Gasteiger partial charge in [0.25, 0.3) is 0 Å². The predicted octanol–water partition coefficient (Wildman–Crippen LogP) is 2.66. The molecule has 0 radical (unpaired) electrons. The molecule has 3 heterocycles. The highest BCUT2D eigenvalue weighted by Gasteiger charge is 2.29. The fraction of sp³-hybridized carbons (Fsp3) is 0.261. The molecule has 0 aliphatic heterocycles. The summed E-state index contributed by atoms with van der Waals surface area (Å²) in [6.45, 7) is 1.47. The lowest BCUT2D eigenvalue weighted by Gasteiger charge is -2.19. The smallest absolute Gasteiger partial charge is 0.243 e. The first-order valence-corrected chi connectivity index (χ1v) is 12.5. The van der Waals surface area contributed by atoms with Gasteiger partial charge in [-0.2, -0.15) is 0 Å². The van der Waals surface area contributed by atoms with Crippen molar-refractivity contribution < 1.29 is 27.0 Å². The number of rotatable bonds is 10. The van der Waals surface area contributed by atoms with Crippen LogP contribution in [0.2, 0.25) is 0 Å². The number of pyridine rings is 1. The second kappa shape index (κ2) is 10.7. The van der Waals surface area contributed by atoms with E-state index in [0.717, 1.165) is 12.4 Å². The molecule has 12 nitrogen and oxygen atoms in total. The van der Waals surface area contributed by atoms with Crippen LogP contribution >= 0.6 is 0 Å². The number of hydrogen-bond donors (Lipinski definition) is 1. The number of methoxy groups -OCH3 is 3. The van der Waals surface area contributed by atoms with Gasteiger partial charge in [-0.25, -0.2) is 27.8 Å². The Morgan fingerprint density at radius 1 is 0.946 bits per heavy atom. The first-order valence-electron chi connectivity index (χ1n) is 10.9. The molecule has 1 unspecified atom stereocenters. The fourth-order valence-corrected chi connectivity index (χ4v) is 4.49. The van der Waals surface area contributed by atoms with Crippen LogP contribution in [0.15, 0.2) is 48.9 Å². The number of sulfonamides is 1. The fourth-order valence-electron chi connectivity index (χ4n) is 3.53. The number of anilines is 1. The van der Waals surface area contributed by atoms with Crippen LogP contribution < -0.4 is 18.9 Å². The van der Waals surface area contributed by atoms with Gasteiger partial charge in [-0.15, -0.1) is 10.2 Å². The second-order valence-electron chi connectivity index (χ2n) is 7.73. The number of ether oxygens (including phenoxy) is 3.